The Hall–Kier alpha value is -1.06. The second-order valence-corrected chi connectivity index (χ2v) is 4.66. The molecule has 0 fully saturated rings. The predicted molar refractivity (Wildman–Crippen MR) is 65.6 cm³/mol. The van der Waals surface area contributed by atoms with Gasteiger partial charge in [-0.2, -0.15) is 0 Å². The number of para-hydroxylation sites is 1. The number of nitrogens with zero attached hydrogens (tertiary/aromatic N) is 1. The molecule has 1 heterocycles. The molecule has 0 aliphatic rings. The maximum Gasteiger partial charge on any atom is 0.0898 e. The fourth-order valence-corrected chi connectivity index (χ4v) is 2.09. The van der Waals surface area contributed by atoms with Crippen LogP contribution in [-0.2, 0) is 6.54 Å². The smallest absolute Gasteiger partial charge is 0.0898 e. The summed E-state index contributed by atoms with van der Waals surface area (Å²) in [7, 11) is 0. The van der Waals surface area contributed by atoms with Crippen molar-refractivity contribution in [2.24, 2.45) is 0 Å². The van der Waals surface area contributed by atoms with E-state index in [0.29, 0.717) is 6.54 Å². The lowest BCUT2D eigenvalue weighted by atomic mass is 10.3. The van der Waals surface area contributed by atoms with Crippen molar-refractivity contribution in [3.63, 3.8) is 0 Å². The Balaban J connectivity index is 2.02. The molecule has 0 amide bonds. The topological polar surface area (TPSA) is 24.9 Å². The number of aromatic nitrogens is 1. The maximum absolute atomic E-state index is 6.02. The number of hydrogen-bond acceptors (Lipinski definition) is 3. The summed E-state index contributed by atoms with van der Waals surface area (Å²) < 4.78 is 0. The van der Waals surface area contributed by atoms with Crippen LogP contribution in [0.15, 0.2) is 29.6 Å². The molecule has 4 heteroatoms. The highest BCUT2D eigenvalue weighted by molar-refractivity contribution is 7.09. The van der Waals surface area contributed by atoms with Crippen LogP contribution in [0.5, 0.6) is 0 Å². The van der Waals surface area contributed by atoms with Gasteiger partial charge >= 0.3 is 0 Å². The molecule has 0 saturated heterocycles. The van der Waals surface area contributed by atoms with Gasteiger partial charge in [-0.3, -0.25) is 0 Å². The molecule has 0 unspecified atom stereocenters. The lowest BCUT2D eigenvalue weighted by Gasteiger charge is -2.05. The van der Waals surface area contributed by atoms with Crippen molar-refractivity contribution in [2.75, 3.05) is 5.32 Å². The van der Waals surface area contributed by atoms with Crippen molar-refractivity contribution in [1.29, 1.82) is 0 Å². The van der Waals surface area contributed by atoms with Gasteiger partial charge in [-0.25, -0.2) is 4.98 Å². The minimum absolute atomic E-state index is 0.716. The number of thiazole rings is 1. The van der Waals surface area contributed by atoms with Gasteiger partial charge in [0.1, 0.15) is 0 Å². The first-order valence-electron chi connectivity index (χ1n) is 4.65. The molecular weight excluding hydrogens is 228 g/mol. The third-order valence-electron chi connectivity index (χ3n) is 2.00. The number of anilines is 1. The van der Waals surface area contributed by atoms with E-state index in [-0.39, 0.29) is 0 Å². The van der Waals surface area contributed by atoms with E-state index in [2.05, 4.69) is 15.7 Å². The summed E-state index contributed by atoms with van der Waals surface area (Å²) in [5, 5.41) is 7.14. The van der Waals surface area contributed by atoms with Crippen LogP contribution in [0.3, 0.4) is 0 Å². The Kier molecular flexibility index (Phi) is 3.23. The molecule has 2 rings (SSSR count). The van der Waals surface area contributed by atoms with Crippen LogP contribution in [0.1, 0.15) is 10.7 Å². The van der Waals surface area contributed by atoms with Gasteiger partial charge in [0.05, 0.1) is 28.0 Å². The average molecular weight is 239 g/mol. The Morgan fingerprint density at radius 1 is 1.40 bits per heavy atom. The highest BCUT2D eigenvalue weighted by atomic mass is 35.5. The number of rotatable bonds is 3. The lowest BCUT2D eigenvalue weighted by molar-refractivity contribution is 1.05. The highest BCUT2D eigenvalue weighted by Gasteiger charge is 2.00. The van der Waals surface area contributed by atoms with Crippen LogP contribution in [-0.4, -0.2) is 4.98 Å². The Labute approximate surface area is 97.9 Å². The van der Waals surface area contributed by atoms with E-state index >= 15 is 0 Å². The Morgan fingerprint density at radius 3 is 2.87 bits per heavy atom. The van der Waals surface area contributed by atoms with Gasteiger partial charge in [-0.1, -0.05) is 23.7 Å². The third kappa shape index (κ3) is 2.70. The first-order valence-corrected chi connectivity index (χ1v) is 5.91. The molecule has 78 valence electrons. The molecule has 0 spiro atoms. The molecule has 0 atom stereocenters. The Morgan fingerprint density at radius 2 is 2.20 bits per heavy atom. The van der Waals surface area contributed by atoms with Crippen LogP contribution in [0.25, 0.3) is 0 Å². The zero-order chi connectivity index (χ0) is 10.7. The first kappa shape index (κ1) is 10.5. The summed E-state index contributed by atoms with van der Waals surface area (Å²) in [4.78, 5) is 4.37. The second kappa shape index (κ2) is 4.64. The monoisotopic (exact) mass is 238 g/mol. The van der Waals surface area contributed by atoms with E-state index in [0.717, 1.165) is 21.4 Å². The third-order valence-corrected chi connectivity index (χ3v) is 3.15. The van der Waals surface area contributed by atoms with Gasteiger partial charge in [-0.15, -0.1) is 11.3 Å². The highest BCUT2D eigenvalue weighted by Crippen LogP contribution is 2.21. The van der Waals surface area contributed by atoms with Crippen molar-refractivity contribution in [1.82, 2.24) is 4.98 Å². The molecule has 0 aliphatic heterocycles. The normalized spacial score (nSPS) is 10.3. The van der Waals surface area contributed by atoms with Crippen LogP contribution in [0, 0.1) is 6.92 Å². The van der Waals surface area contributed by atoms with Gasteiger partial charge in [0.15, 0.2) is 0 Å². The standard InChI is InChI=1S/C11H11ClN2S/c1-8-14-9(7-15-8)6-13-11-5-3-2-4-10(11)12/h2-5,7,13H,6H2,1H3. The van der Waals surface area contributed by atoms with Crippen molar-refractivity contribution in [3.05, 3.63) is 45.4 Å². The number of halogens is 1. The molecule has 0 aliphatic carbocycles. The summed E-state index contributed by atoms with van der Waals surface area (Å²) in [5.74, 6) is 0. The summed E-state index contributed by atoms with van der Waals surface area (Å²) in [6.07, 6.45) is 0. The molecule has 1 N–H and O–H groups in total. The predicted octanol–water partition coefficient (Wildman–Crippen LogP) is 3.72. The first-order chi connectivity index (χ1) is 7.25. The number of benzene rings is 1. The van der Waals surface area contributed by atoms with E-state index in [9.17, 15) is 0 Å². The molecule has 0 bridgehead atoms. The van der Waals surface area contributed by atoms with E-state index in [1.54, 1.807) is 11.3 Å². The molecule has 15 heavy (non-hydrogen) atoms. The number of hydrogen-bond donors (Lipinski definition) is 1. The van der Waals surface area contributed by atoms with E-state index in [4.69, 9.17) is 11.6 Å². The zero-order valence-electron chi connectivity index (χ0n) is 8.33. The second-order valence-electron chi connectivity index (χ2n) is 3.19. The van der Waals surface area contributed by atoms with Crippen molar-refractivity contribution >= 4 is 28.6 Å². The van der Waals surface area contributed by atoms with Crippen LogP contribution >= 0.6 is 22.9 Å². The van der Waals surface area contributed by atoms with Gasteiger partial charge < -0.3 is 5.32 Å². The molecular formula is C11H11ClN2S. The lowest BCUT2D eigenvalue weighted by Crippen LogP contribution is -1.99. The molecule has 2 aromatic rings. The quantitative estimate of drug-likeness (QED) is 0.882. The minimum atomic E-state index is 0.716. The average Bonchev–Trinajstić information content (AvgIpc) is 2.63. The van der Waals surface area contributed by atoms with Crippen LogP contribution in [0.4, 0.5) is 5.69 Å². The van der Waals surface area contributed by atoms with Gasteiger partial charge in [0, 0.05) is 5.38 Å². The summed E-state index contributed by atoms with van der Waals surface area (Å²) in [5.41, 5.74) is 2.00. The Bertz CT molecular complexity index is 453. The maximum atomic E-state index is 6.02. The molecule has 1 aromatic carbocycles. The minimum Gasteiger partial charge on any atom is -0.378 e. The van der Waals surface area contributed by atoms with E-state index in [1.165, 1.54) is 0 Å². The summed E-state index contributed by atoms with van der Waals surface area (Å²) in [6.45, 7) is 2.72. The van der Waals surface area contributed by atoms with Crippen LogP contribution in [0.2, 0.25) is 5.02 Å². The van der Waals surface area contributed by atoms with Gasteiger partial charge in [0.25, 0.3) is 0 Å². The molecule has 0 saturated carbocycles. The largest absolute Gasteiger partial charge is 0.378 e. The van der Waals surface area contributed by atoms with Crippen molar-refractivity contribution in [3.8, 4) is 0 Å². The fraction of sp³-hybridized carbons (Fsp3) is 0.182. The summed E-state index contributed by atoms with van der Waals surface area (Å²) in [6, 6.07) is 7.71. The molecule has 2 nitrogen and oxygen atoms in total. The van der Waals surface area contributed by atoms with Gasteiger partial charge in [-0.05, 0) is 19.1 Å². The van der Waals surface area contributed by atoms with Crippen molar-refractivity contribution < 1.29 is 0 Å². The van der Waals surface area contributed by atoms with Gasteiger partial charge in [0.2, 0.25) is 0 Å². The van der Waals surface area contributed by atoms with E-state index < -0.39 is 0 Å². The summed E-state index contributed by atoms with van der Waals surface area (Å²) >= 11 is 7.68. The van der Waals surface area contributed by atoms with Crippen LogP contribution < -0.4 is 5.32 Å². The van der Waals surface area contributed by atoms with E-state index in [1.807, 2.05) is 31.2 Å². The van der Waals surface area contributed by atoms with Crippen molar-refractivity contribution in [2.45, 2.75) is 13.5 Å². The SMILES string of the molecule is Cc1nc(CNc2ccccc2Cl)cs1. The zero-order valence-corrected chi connectivity index (χ0v) is 9.90. The number of nitrogens with one attached hydrogen (secondary N) is 1. The molecule has 1 aromatic heterocycles. The molecule has 0 radical (unpaired) electrons. The number of aryl methyl sites for hydroxylation is 1. The fourth-order valence-electron chi connectivity index (χ4n) is 1.28.